The SMILES string of the molecule is COc1cc(CC(=O)Nc2cccc(C3CCC(C(F)(F)F)CC3)c2)ccc1O. The monoisotopic (exact) mass is 407 g/mol. The Kier molecular flexibility index (Phi) is 6.35. The van der Waals surface area contributed by atoms with E-state index in [4.69, 9.17) is 4.74 Å². The summed E-state index contributed by atoms with van der Waals surface area (Å²) in [7, 11) is 1.44. The van der Waals surface area contributed by atoms with E-state index in [0.717, 1.165) is 5.56 Å². The molecule has 0 aromatic heterocycles. The van der Waals surface area contributed by atoms with Gasteiger partial charge in [-0.3, -0.25) is 4.79 Å². The van der Waals surface area contributed by atoms with Crippen LogP contribution in [-0.4, -0.2) is 24.3 Å². The van der Waals surface area contributed by atoms with Gasteiger partial charge >= 0.3 is 6.18 Å². The van der Waals surface area contributed by atoms with E-state index in [2.05, 4.69) is 5.32 Å². The van der Waals surface area contributed by atoms with E-state index in [1.807, 2.05) is 18.2 Å². The molecule has 7 heteroatoms. The first-order valence-corrected chi connectivity index (χ1v) is 9.58. The molecule has 1 aliphatic rings. The zero-order valence-electron chi connectivity index (χ0n) is 16.1. The Morgan fingerprint density at radius 1 is 1.14 bits per heavy atom. The van der Waals surface area contributed by atoms with Crippen molar-refractivity contribution in [2.45, 2.75) is 44.2 Å². The van der Waals surface area contributed by atoms with E-state index in [0.29, 0.717) is 29.8 Å². The maximum atomic E-state index is 12.9. The van der Waals surface area contributed by atoms with Gasteiger partial charge in [0.05, 0.1) is 19.4 Å². The molecule has 1 amide bonds. The third-order valence-electron chi connectivity index (χ3n) is 5.44. The van der Waals surface area contributed by atoms with Crippen molar-refractivity contribution in [3.63, 3.8) is 0 Å². The highest BCUT2D eigenvalue weighted by Gasteiger charge is 2.41. The van der Waals surface area contributed by atoms with Crippen LogP contribution in [0.3, 0.4) is 0 Å². The van der Waals surface area contributed by atoms with Gasteiger partial charge in [-0.15, -0.1) is 0 Å². The number of amides is 1. The van der Waals surface area contributed by atoms with Gasteiger partial charge in [0.15, 0.2) is 11.5 Å². The van der Waals surface area contributed by atoms with Crippen LogP contribution in [-0.2, 0) is 11.2 Å². The normalized spacial score (nSPS) is 19.6. The standard InChI is InChI=1S/C22H24F3NO3/c1-29-20-11-14(5-10-19(20)27)12-21(28)26-18-4-2-3-16(13-18)15-6-8-17(9-7-15)22(23,24)25/h2-5,10-11,13,15,17,27H,6-9,12H2,1H3,(H,26,28). The van der Waals surface area contributed by atoms with Gasteiger partial charge in [0.1, 0.15) is 0 Å². The van der Waals surface area contributed by atoms with E-state index in [-0.39, 0.29) is 36.8 Å². The van der Waals surface area contributed by atoms with Crippen molar-refractivity contribution in [2.75, 3.05) is 12.4 Å². The molecule has 2 aromatic rings. The maximum Gasteiger partial charge on any atom is 0.391 e. The Bertz CT molecular complexity index is 859. The number of benzene rings is 2. The molecule has 0 aliphatic heterocycles. The van der Waals surface area contributed by atoms with Gasteiger partial charge < -0.3 is 15.2 Å². The minimum Gasteiger partial charge on any atom is -0.504 e. The maximum absolute atomic E-state index is 12.9. The van der Waals surface area contributed by atoms with Crippen molar-refractivity contribution in [1.82, 2.24) is 0 Å². The van der Waals surface area contributed by atoms with Crippen molar-refractivity contribution in [3.05, 3.63) is 53.6 Å². The van der Waals surface area contributed by atoms with Gasteiger partial charge in [-0.05, 0) is 67.0 Å². The Labute approximate surface area is 167 Å². The molecule has 1 aliphatic carbocycles. The lowest BCUT2D eigenvalue weighted by Crippen LogP contribution is -2.27. The van der Waals surface area contributed by atoms with Crippen LogP contribution in [0, 0.1) is 5.92 Å². The molecule has 0 unspecified atom stereocenters. The minimum absolute atomic E-state index is 0.00426. The van der Waals surface area contributed by atoms with Crippen molar-refractivity contribution in [3.8, 4) is 11.5 Å². The summed E-state index contributed by atoms with van der Waals surface area (Å²) < 4.78 is 43.6. The topological polar surface area (TPSA) is 58.6 Å². The smallest absolute Gasteiger partial charge is 0.391 e. The van der Waals surface area contributed by atoms with Crippen LogP contribution >= 0.6 is 0 Å². The average molecular weight is 407 g/mol. The van der Waals surface area contributed by atoms with E-state index in [1.165, 1.54) is 13.2 Å². The highest BCUT2D eigenvalue weighted by molar-refractivity contribution is 5.92. The van der Waals surface area contributed by atoms with Crippen LogP contribution in [0.25, 0.3) is 0 Å². The van der Waals surface area contributed by atoms with Gasteiger partial charge in [-0.2, -0.15) is 13.2 Å². The molecule has 0 saturated heterocycles. The fraction of sp³-hybridized carbons (Fsp3) is 0.409. The first-order chi connectivity index (χ1) is 13.8. The molecule has 0 atom stereocenters. The number of alkyl halides is 3. The number of ether oxygens (including phenoxy) is 1. The first kappa shape index (κ1) is 21.0. The van der Waals surface area contributed by atoms with Crippen molar-refractivity contribution < 1.29 is 27.8 Å². The molecule has 3 rings (SSSR count). The number of phenols is 1. The molecular weight excluding hydrogens is 383 g/mol. The lowest BCUT2D eigenvalue weighted by Gasteiger charge is -2.30. The van der Waals surface area contributed by atoms with Crippen LogP contribution in [0.1, 0.15) is 42.7 Å². The number of hydrogen-bond acceptors (Lipinski definition) is 3. The Hall–Kier alpha value is -2.70. The summed E-state index contributed by atoms with van der Waals surface area (Å²) in [6.07, 6.45) is -2.72. The number of nitrogens with one attached hydrogen (secondary N) is 1. The predicted octanol–water partition coefficient (Wildman–Crippen LogP) is 5.42. The van der Waals surface area contributed by atoms with Crippen LogP contribution in [0.15, 0.2) is 42.5 Å². The molecule has 1 saturated carbocycles. The molecule has 0 radical (unpaired) electrons. The number of halogens is 3. The number of rotatable bonds is 5. The third-order valence-corrected chi connectivity index (χ3v) is 5.44. The Morgan fingerprint density at radius 2 is 1.86 bits per heavy atom. The van der Waals surface area contributed by atoms with E-state index >= 15 is 0 Å². The molecule has 156 valence electrons. The van der Waals surface area contributed by atoms with Crippen LogP contribution in [0.4, 0.5) is 18.9 Å². The molecule has 2 aromatic carbocycles. The summed E-state index contributed by atoms with van der Waals surface area (Å²) in [4.78, 5) is 12.4. The number of methoxy groups -OCH3 is 1. The summed E-state index contributed by atoms with van der Waals surface area (Å²) in [5, 5.41) is 12.5. The lowest BCUT2D eigenvalue weighted by atomic mass is 9.78. The number of aromatic hydroxyl groups is 1. The number of phenolic OH excluding ortho intramolecular Hbond substituents is 1. The summed E-state index contributed by atoms with van der Waals surface area (Å²) in [6.45, 7) is 0. The molecule has 0 heterocycles. The van der Waals surface area contributed by atoms with Gasteiger partial charge in [0, 0.05) is 5.69 Å². The third kappa shape index (κ3) is 5.43. The molecule has 2 N–H and O–H groups in total. The minimum atomic E-state index is -4.11. The number of carbonyl (C=O) groups excluding carboxylic acids is 1. The average Bonchev–Trinajstić information content (AvgIpc) is 2.69. The molecule has 29 heavy (non-hydrogen) atoms. The number of carbonyl (C=O) groups is 1. The Balaban J connectivity index is 1.61. The second kappa shape index (κ2) is 8.76. The number of hydrogen-bond donors (Lipinski definition) is 2. The van der Waals surface area contributed by atoms with Gasteiger partial charge in [-0.1, -0.05) is 18.2 Å². The van der Waals surface area contributed by atoms with Gasteiger partial charge in [0.25, 0.3) is 0 Å². The van der Waals surface area contributed by atoms with Crippen LogP contribution in [0.2, 0.25) is 0 Å². The highest BCUT2D eigenvalue weighted by Crippen LogP contribution is 2.43. The summed E-state index contributed by atoms with van der Waals surface area (Å²) in [6, 6.07) is 12.0. The first-order valence-electron chi connectivity index (χ1n) is 9.58. The van der Waals surface area contributed by atoms with Crippen molar-refractivity contribution in [2.24, 2.45) is 5.92 Å². The zero-order chi connectivity index (χ0) is 21.0. The fourth-order valence-electron chi connectivity index (χ4n) is 3.85. The second-order valence-electron chi connectivity index (χ2n) is 7.45. The summed E-state index contributed by atoms with van der Waals surface area (Å²) in [5.74, 6) is -1.05. The fourth-order valence-corrected chi connectivity index (χ4v) is 3.85. The van der Waals surface area contributed by atoms with Gasteiger partial charge in [-0.25, -0.2) is 0 Å². The van der Waals surface area contributed by atoms with E-state index in [9.17, 15) is 23.1 Å². The van der Waals surface area contributed by atoms with Gasteiger partial charge in [0.2, 0.25) is 5.91 Å². The van der Waals surface area contributed by atoms with Crippen molar-refractivity contribution in [1.29, 1.82) is 0 Å². The largest absolute Gasteiger partial charge is 0.504 e. The second-order valence-corrected chi connectivity index (χ2v) is 7.45. The summed E-state index contributed by atoms with van der Waals surface area (Å²) >= 11 is 0. The summed E-state index contributed by atoms with van der Waals surface area (Å²) in [5.41, 5.74) is 2.27. The molecule has 0 spiro atoms. The molecule has 0 bridgehead atoms. The highest BCUT2D eigenvalue weighted by atomic mass is 19.4. The number of anilines is 1. The molecular formula is C22H24F3NO3. The zero-order valence-corrected chi connectivity index (χ0v) is 16.1. The lowest BCUT2D eigenvalue weighted by molar-refractivity contribution is -0.182. The Morgan fingerprint density at radius 3 is 2.52 bits per heavy atom. The van der Waals surface area contributed by atoms with Crippen molar-refractivity contribution >= 4 is 11.6 Å². The molecule has 4 nitrogen and oxygen atoms in total. The van der Waals surface area contributed by atoms with E-state index < -0.39 is 12.1 Å². The van der Waals surface area contributed by atoms with E-state index in [1.54, 1.807) is 18.2 Å². The predicted molar refractivity (Wildman–Crippen MR) is 104 cm³/mol. The van der Waals surface area contributed by atoms with Crippen LogP contribution in [0.5, 0.6) is 11.5 Å². The quantitative estimate of drug-likeness (QED) is 0.696. The van der Waals surface area contributed by atoms with Crippen LogP contribution < -0.4 is 10.1 Å². The molecule has 1 fully saturated rings.